The molecule has 1 atom stereocenters. The number of nitrogens with zero attached hydrogens (tertiary/aromatic N) is 2. The van der Waals surface area contributed by atoms with Crippen LogP contribution in [0.15, 0.2) is 64.6 Å². The number of halogens is 1. The van der Waals surface area contributed by atoms with Gasteiger partial charge < -0.3 is 14.7 Å². The van der Waals surface area contributed by atoms with Crippen molar-refractivity contribution < 1.29 is 19.4 Å². The van der Waals surface area contributed by atoms with Gasteiger partial charge in [0.2, 0.25) is 0 Å². The lowest BCUT2D eigenvalue weighted by molar-refractivity contribution is -0.140. The molecule has 7 heteroatoms. The maximum atomic E-state index is 13.0. The Morgan fingerprint density at radius 1 is 1.03 bits per heavy atom. The molecule has 4 rings (SSSR count). The number of aliphatic hydroxyl groups excluding tert-OH is 1. The van der Waals surface area contributed by atoms with Crippen LogP contribution in [-0.2, 0) is 14.3 Å². The Hall–Kier alpha value is -2.48. The number of Topliss-reactive ketones (excluding diaryl/α,β-unsaturated/α-hetero) is 1. The summed E-state index contributed by atoms with van der Waals surface area (Å²) < 4.78 is 6.24. The van der Waals surface area contributed by atoms with E-state index in [1.807, 2.05) is 30.3 Å². The van der Waals surface area contributed by atoms with Crippen molar-refractivity contribution >= 4 is 33.4 Å². The van der Waals surface area contributed by atoms with E-state index in [0.29, 0.717) is 12.1 Å². The van der Waals surface area contributed by atoms with Crippen molar-refractivity contribution in [3.05, 3.63) is 75.8 Å². The Bertz CT molecular complexity index is 986. The number of likely N-dealkylation sites (tertiary alicyclic amines) is 1. The largest absolute Gasteiger partial charge is 0.507 e. The van der Waals surface area contributed by atoms with E-state index in [2.05, 4.69) is 20.8 Å². The molecule has 0 radical (unpaired) electrons. The molecule has 0 aromatic heterocycles. The number of amides is 1. The average Bonchev–Trinajstić information content (AvgIpc) is 3.05. The van der Waals surface area contributed by atoms with Crippen molar-refractivity contribution in [2.45, 2.75) is 12.5 Å². The van der Waals surface area contributed by atoms with Gasteiger partial charge >= 0.3 is 0 Å². The van der Waals surface area contributed by atoms with E-state index in [1.165, 1.54) is 0 Å². The van der Waals surface area contributed by atoms with Gasteiger partial charge in [0.15, 0.2) is 0 Å². The van der Waals surface area contributed by atoms with Crippen molar-refractivity contribution in [1.82, 2.24) is 9.80 Å². The minimum atomic E-state index is -0.641. The van der Waals surface area contributed by atoms with Crippen LogP contribution in [0.2, 0.25) is 0 Å². The van der Waals surface area contributed by atoms with Crippen LogP contribution in [0.3, 0.4) is 0 Å². The number of carbonyl (C=O) groups excluding carboxylic acids is 2. The van der Waals surface area contributed by atoms with Crippen LogP contribution in [0.1, 0.15) is 23.6 Å². The van der Waals surface area contributed by atoms with Gasteiger partial charge in [0.1, 0.15) is 5.76 Å². The lowest BCUT2D eigenvalue weighted by Gasteiger charge is -2.29. The highest BCUT2D eigenvalue weighted by Crippen LogP contribution is 2.40. The molecule has 0 bridgehead atoms. The molecule has 2 saturated heterocycles. The number of morpholine rings is 1. The number of benzene rings is 2. The second-order valence-electron chi connectivity index (χ2n) is 7.72. The number of rotatable bonds is 6. The van der Waals surface area contributed by atoms with Crippen LogP contribution < -0.4 is 0 Å². The normalized spacial score (nSPS) is 21.6. The number of carbonyl (C=O) groups is 2. The highest BCUT2D eigenvalue weighted by Gasteiger charge is 2.45. The first kappa shape index (κ1) is 21.7. The zero-order valence-electron chi connectivity index (χ0n) is 17.2. The predicted molar refractivity (Wildman–Crippen MR) is 121 cm³/mol. The zero-order valence-corrected chi connectivity index (χ0v) is 18.8. The van der Waals surface area contributed by atoms with E-state index in [4.69, 9.17) is 4.74 Å². The summed E-state index contributed by atoms with van der Waals surface area (Å²) in [5, 5.41) is 11.0. The summed E-state index contributed by atoms with van der Waals surface area (Å²) in [6.45, 7) is 4.46. The quantitative estimate of drug-likeness (QED) is 0.385. The second-order valence-corrected chi connectivity index (χ2v) is 8.64. The molecule has 6 nitrogen and oxygen atoms in total. The topological polar surface area (TPSA) is 70.1 Å². The Morgan fingerprint density at radius 2 is 1.77 bits per heavy atom. The fourth-order valence-corrected chi connectivity index (χ4v) is 4.59. The third-order valence-corrected chi connectivity index (χ3v) is 6.22. The molecule has 0 aliphatic carbocycles. The van der Waals surface area contributed by atoms with Gasteiger partial charge in [-0.2, -0.15) is 0 Å². The first-order valence-electron chi connectivity index (χ1n) is 10.5. The maximum Gasteiger partial charge on any atom is 0.295 e. The Labute approximate surface area is 190 Å². The van der Waals surface area contributed by atoms with Crippen LogP contribution in [0.4, 0.5) is 0 Å². The van der Waals surface area contributed by atoms with Crippen LogP contribution in [-0.4, -0.2) is 66.0 Å². The van der Waals surface area contributed by atoms with E-state index in [1.54, 1.807) is 29.2 Å². The van der Waals surface area contributed by atoms with Gasteiger partial charge in [-0.1, -0.05) is 58.4 Å². The predicted octanol–water partition coefficient (Wildman–Crippen LogP) is 3.59. The van der Waals surface area contributed by atoms with Crippen LogP contribution >= 0.6 is 15.9 Å². The van der Waals surface area contributed by atoms with Gasteiger partial charge in [-0.15, -0.1) is 0 Å². The van der Waals surface area contributed by atoms with Gasteiger partial charge in [-0.05, 0) is 24.1 Å². The highest BCUT2D eigenvalue weighted by molar-refractivity contribution is 9.10. The Kier molecular flexibility index (Phi) is 6.85. The van der Waals surface area contributed by atoms with Crippen molar-refractivity contribution in [1.29, 1.82) is 0 Å². The number of hydrogen-bond donors (Lipinski definition) is 1. The molecular weight excluding hydrogens is 460 g/mol. The summed E-state index contributed by atoms with van der Waals surface area (Å²) in [4.78, 5) is 29.9. The van der Waals surface area contributed by atoms with E-state index in [0.717, 1.165) is 49.3 Å². The summed E-state index contributed by atoms with van der Waals surface area (Å²) in [5.74, 6) is -1.35. The summed E-state index contributed by atoms with van der Waals surface area (Å²) in [6.07, 6.45) is 0.739. The minimum absolute atomic E-state index is 0.139. The van der Waals surface area contributed by atoms with Crippen molar-refractivity contribution in [2.75, 3.05) is 39.4 Å². The minimum Gasteiger partial charge on any atom is -0.507 e. The Balaban J connectivity index is 1.66. The first-order valence-corrected chi connectivity index (χ1v) is 11.2. The molecule has 162 valence electrons. The van der Waals surface area contributed by atoms with Gasteiger partial charge in [0, 0.05) is 36.2 Å². The van der Waals surface area contributed by atoms with Gasteiger partial charge in [-0.25, -0.2) is 0 Å². The second kappa shape index (κ2) is 9.77. The standard InChI is InChI=1S/C24H25BrN2O4/c25-19-9-4-8-18(16-19)21-20(22(28)17-6-2-1-3-7-17)23(29)24(30)27(21)11-5-10-26-12-14-31-15-13-26/h1-4,6-9,16,21,28H,5,10-15H2/b22-20-. The fourth-order valence-electron chi connectivity index (χ4n) is 4.17. The molecule has 2 aliphatic rings. The number of aliphatic hydroxyl groups is 1. The van der Waals surface area contributed by atoms with E-state index in [9.17, 15) is 14.7 Å². The van der Waals surface area contributed by atoms with Gasteiger partial charge in [-0.3, -0.25) is 14.5 Å². The van der Waals surface area contributed by atoms with Crippen LogP contribution in [0.5, 0.6) is 0 Å². The third kappa shape index (κ3) is 4.74. The maximum absolute atomic E-state index is 13.0. The molecule has 2 aliphatic heterocycles. The summed E-state index contributed by atoms with van der Waals surface area (Å²) in [7, 11) is 0. The lowest BCUT2D eigenvalue weighted by Crippen LogP contribution is -2.38. The Morgan fingerprint density at radius 3 is 2.48 bits per heavy atom. The zero-order chi connectivity index (χ0) is 21.8. The summed E-state index contributed by atoms with van der Waals surface area (Å²) in [5.41, 5.74) is 1.45. The van der Waals surface area contributed by atoms with Crippen molar-refractivity contribution in [3.63, 3.8) is 0 Å². The van der Waals surface area contributed by atoms with E-state index >= 15 is 0 Å². The van der Waals surface area contributed by atoms with Crippen LogP contribution in [0, 0.1) is 0 Å². The molecule has 2 aromatic rings. The smallest absolute Gasteiger partial charge is 0.295 e. The van der Waals surface area contributed by atoms with Crippen molar-refractivity contribution in [2.24, 2.45) is 0 Å². The molecule has 1 amide bonds. The molecule has 2 heterocycles. The van der Waals surface area contributed by atoms with Crippen molar-refractivity contribution in [3.8, 4) is 0 Å². The van der Waals surface area contributed by atoms with Gasteiger partial charge in [0.05, 0.1) is 24.8 Å². The van der Waals surface area contributed by atoms with Crippen LogP contribution in [0.25, 0.3) is 5.76 Å². The average molecular weight is 485 g/mol. The SMILES string of the molecule is O=C1C(=O)N(CCCN2CCOCC2)C(c2cccc(Br)c2)/C1=C(/O)c1ccccc1. The number of hydrogen-bond acceptors (Lipinski definition) is 5. The molecule has 31 heavy (non-hydrogen) atoms. The molecular formula is C24H25BrN2O4. The van der Waals surface area contributed by atoms with E-state index < -0.39 is 17.7 Å². The molecule has 1 unspecified atom stereocenters. The third-order valence-electron chi connectivity index (χ3n) is 5.73. The molecule has 0 spiro atoms. The monoisotopic (exact) mass is 484 g/mol. The molecule has 2 aromatic carbocycles. The molecule has 0 saturated carbocycles. The number of ketones is 1. The summed E-state index contributed by atoms with van der Waals surface area (Å²) in [6, 6.07) is 15.8. The fraction of sp³-hybridized carbons (Fsp3) is 0.333. The lowest BCUT2D eigenvalue weighted by atomic mass is 9.95. The number of ether oxygens (including phenoxy) is 1. The molecule has 1 N–H and O–H groups in total. The van der Waals surface area contributed by atoms with E-state index in [-0.39, 0.29) is 11.3 Å². The highest BCUT2D eigenvalue weighted by atomic mass is 79.9. The van der Waals surface area contributed by atoms with Gasteiger partial charge in [0.25, 0.3) is 11.7 Å². The molecule has 2 fully saturated rings. The first-order chi connectivity index (χ1) is 15.1. The summed E-state index contributed by atoms with van der Waals surface area (Å²) >= 11 is 3.48.